The fraction of sp³-hybridized carbons (Fsp3) is 0.304. The molecule has 0 aliphatic heterocycles. The van der Waals surface area contributed by atoms with Crippen molar-refractivity contribution in [3.63, 3.8) is 0 Å². The smallest absolute Gasteiger partial charge is 0.191 e. The van der Waals surface area contributed by atoms with Crippen molar-refractivity contribution in [2.75, 3.05) is 7.05 Å². The average Bonchev–Trinajstić information content (AvgIpc) is 3.18. The molecule has 2 N–H and O–H groups in total. The van der Waals surface area contributed by atoms with Crippen LogP contribution < -0.4 is 15.4 Å². The van der Waals surface area contributed by atoms with Gasteiger partial charge in [-0.2, -0.15) is 5.10 Å². The standard InChI is InChI=1S/C23H29N5O/c1-23(2,3)29-21-13-9-8-10-18(21)16-25-22(24-4)26-17-19-14-15-28(27-19)20-11-6-5-7-12-20/h5-15H,16-17H2,1-4H3,(H2,24,25,26). The quantitative estimate of drug-likeness (QED) is 0.494. The first-order chi connectivity index (χ1) is 13.9. The molecule has 6 nitrogen and oxygen atoms in total. The molecule has 0 radical (unpaired) electrons. The summed E-state index contributed by atoms with van der Waals surface area (Å²) in [6.45, 7) is 7.34. The number of ether oxygens (including phenoxy) is 1. The van der Waals surface area contributed by atoms with Gasteiger partial charge in [0.1, 0.15) is 11.4 Å². The van der Waals surface area contributed by atoms with Gasteiger partial charge in [0.2, 0.25) is 0 Å². The first kappa shape index (κ1) is 20.5. The second-order valence-corrected chi connectivity index (χ2v) is 7.69. The minimum Gasteiger partial charge on any atom is -0.488 e. The molecule has 0 atom stereocenters. The topological polar surface area (TPSA) is 63.5 Å². The molecule has 0 fully saturated rings. The van der Waals surface area contributed by atoms with Crippen molar-refractivity contribution in [3.8, 4) is 11.4 Å². The van der Waals surface area contributed by atoms with Gasteiger partial charge in [-0.3, -0.25) is 4.99 Å². The van der Waals surface area contributed by atoms with Crippen LogP contribution in [-0.4, -0.2) is 28.4 Å². The highest BCUT2D eigenvalue weighted by Crippen LogP contribution is 2.22. The maximum Gasteiger partial charge on any atom is 0.191 e. The summed E-state index contributed by atoms with van der Waals surface area (Å²) in [5.41, 5.74) is 2.82. The van der Waals surface area contributed by atoms with Crippen LogP contribution in [0, 0.1) is 0 Å². The molecule has 6 heteroatoms. The Labute approximate surface area is 172 Å². The third-order valence-electron chi connectivity index (χ3n) is 4.16. The molecule has 0 amide bonds. The van der Waals surface area contributed by atoms with Crippen molar-refractivity contribution in [1.29, 1.82) is 0 Å². The van der Waals surface area contributed by atoms with Crippen LogP contribution in [0.1, 0.15) is 32.0 Å². The van der Waals surface area contributed by atoms with E-state index >= 15 is 0 Å². The third-order valence-corrected chi connectivity index (χ3v) is 4.16. The number of nitrogens with one attached hydrogen (secondary N) is 2. The van der Waals surface area contributed by atoms with Crippen molar-refractivity contribution < 1.29 is 4.74 Å². The zero-order valence-corrected chi connectivity index (χ0v) is 17.5. The lowest BCUT2D eigenvalue weighted by molar-refractivity contribution is 0.129. The third kappa shape index (κ3) is 6.10. The highest BCUT2D eigenvalue weighted by Gasteiger charge is 2.14. The van der Waals surface area contributed by atoms with Crippen molar-refractivity contribution >= 4 is 5.96 Å². The monoisotopic (exact) mass is 391 g/mol. The molecule has 1 heterocycles. The Morgan fingerprint density at radius 2 is 1.66 bits per heavy atom. The molecular formula is C23H29N5O. The number of aromatic nitrogens is 2. The Bertz CT molecular complexity index is 941. The van der Waals surface area contributed by atoms with Crippen LogP contribution in [0.15, 0.2) is 71.9 Å². The number of nitrogens with zero attached hydrogens (tertiary/aromatic N) is 3. The first-order valence-electron chi connectivity index (χ1n) is 9.76. The van der Waals surface area contributed by atoms with Crippen LogP contribution in [-0.2, 0) is 13.1 Å². The molecule has 3 aromatic rings. The maximum absolute atomic E-state index is 6.06. The van der Waals surface area contributed by atoms with Crippen molar-refractivity contribution in [2.24, 2.45) is 4.99 Å². The van der Waals surface area contributed by atoms with Crippen LogP contribution in [0.3, 0.4) is 0 Å². The Morgan fingerprint density at radius 1 is 0.966 bits per heavy atom. The first-order valence-corrected chi connectivity index (χ1v) is 9.76. The van der Waals surface area contributed by atoms with Gasteiger partial charge < -0.3 is 15.4 Å². The summed E-state index contributed by atoms with van der Waals surface area (Å²) in [5, 5.41) is 11.3. The Kier molecular flexibility index (Phi) is 6.54. The summed E-state index contributed by atoms with van der Waals surface area (Å²) in [6.07, 6.45) is 1.96. The second-order valence-electron chi connectivity index (χ2n) is 7.69. The molecule has 0 spiro atoms. The SMILES string of the molecule is CN=C(NCc1ccn(-c2ccccc2)n1)NCc1ccccc1OC(C)(C)C. The molecule has 0 bridgehead atoms. The molecule has 0 aliphatic rings. The zero-order chi connectivity index (χ0) is 20.7. The van der Waals surface area contributed by atoms with E-state index in [1.165, 1.54) is 0 Å². The Morgan fingerprint density at radius 3 is 2.38 bits per heavy atom. The summed E-state index contributed by atoms with van der Waals surface area (Å²) in [5.74, 6) is 1.59. The largest absolute Gasteiger partial charge is 0.488 e. The van der Waals surface area contributed by atoms with Crippen LogP contribution in [0.5, 0.6) is 5.75 Å². The number of benzene rings is 2. The van der Waals surface area contributed by atoms with Gasteiger partial charge >= 0.3 is 0 Å². The lowest BCUT2D eigenvalue weighted by atomic mass is 10.1. The normalized spacial score (nSPS) is 11.9. The van der Waals surface area contributed by atoms with Crippen LogP contribution >= 0.6 is 0 Å². The number of hydrogen-bond donors (Lipinski definition) is 2. The molecular weight excluding hydrogens is 362 g/mol. The Hall–Kier alpha value is -3.28. The van der Waals surface area contributed by atoms with Gasteiger partial charge in [0, 0.05) is 25.4 Å². The average molecular weight is 392 g/mol. The maximum atomic E-state index is 6.06. The number of para-hydroxylation sites is 2. The predicted octanol–water partition coefficient (Wildman–Crippen LogP) is 3.91. The predicted molar refractivity (Wildman–Crippen MR) is 117 cm³/mol. The number of rotatable bonds is 6. The number of guanidine groups is 1. The lowest BCUT2D eigenvalue weighted by Gasteiger charge is -2.23. The molecule has 0 saturated heterocycles. The molecule has 3 rings (SSSR count). The summed E-state index contributed by atoms with van der Waals surface area (Å²) >= 11 is 0. The van der Waals surface area contributed by atoms with Gasteiger partial charge in [0.25, 0.3) is 0 Å². The van der Waals surface area contributed by atoms with Crippen molar-refractivity contribution in [3.05, 3.63) is 78.1 Å². The Balaban J connectivity index is 1.57. The minimum absolute atomic E-state index is 0.242. The van der Waals surface area contributed by atoms with Crippen molar-refractivity contribution in [1.82, 2.24) is 20.4 Å². The van der Waals surface area contributed by atoms with Gasteiger partial charge in [0.15, 0.2) is 5.96 Å². The summed E-state index contributed by atoms with van der Waals surface area (Å²) in [4.78, 5) is 4.31. The van der Waals surface area contributed by atoms with Gasteiger partial charge in [-0.05, 0) is 45.0 Å². The summed E-state index contributed by atoms with van der Waals surface area (Å²) in [6, 6.07) is 20.1. The molecule has 152 valence electrons. The fourth-order valence-electron chi connectivity index (χ4n) is 2.83. The van der Waals surface area contributed by atoms with Gasteiger partial charge in [-0.15, -0.1) is 0 Å². The molecule has 0 aliphatic carbocycles. The van der Waals surface area contributed by atoms with E-state index in [2.05, 4.69) is 26.8 Å². The highest BCUT2D eigenvalue weighted by atomic mass is 16.5. The van der Waals surface area contributed by atoms with E-state index in [9.17, 15) is 0 Å². The molecule has 0 unspecified atom stereocenters. The van der Waals surface area contributed by atoms with E-state index in [-0.39, 0.29) is 5.60 Å². The van der Waals surface area contributed by atoms with Crippen LogP contribution in [0.2, 0.25) is 0 Å². The second kappa shape index (κ2) is 9.28. The van der Waals surface area contributed by atoms with E-state index in [4.69, 9.17) is 4.74 Å². The zero-order valence-electron chi connectivity index (χ0n) is 17.5. The molecule has 0 saturated carbocycles. The minimum atomic E-state index is -0.242. The van der Waals surface area contributed by atoms with E-state index in [0.29, 0.717) is 19.0 Å². The highest BCUT2D eigenvalue weighted by molar-refractivity contribution is 5.79. The van der Waals surface area contributed by atoms with E-state index in [1.807, 2.05) is 86.2 Å². The lowest BCUT2D eigenvalue weighted by Crippen LogP contribution is -2.36. The van der Waals surface area contributed by atoms with E-state index in [0.717, 1.165) is 22.7 Å². The summed E-state index contributed by atoms with van der Waals surface area (Å²) in [7, 11) is 1.76. The van der Waals surface area contributed by atoms with Crippen LogP contribution in [0.25, 0.3) is 5.69 Å². The van der Waals surface area contributed by atoms with Crippen molar-refractivity contribution in [2.45, 2.75) is 39.5 Å². The molecule has 29 heavy (non-hydrogen) atoms. The van der Waals surface area contributed by atoms with Gasteiger partial charge in [0.05, 0.1) is 17.9 Å². The fourth-order valence-corrected chi connectivity index (χ4v) is 2.83. The molecule has 2 aromatic carbocycles. The van der Waals surface area contributed by atoms with Gasteiger partial charge in [-0.25, -0.2) is 4.68 Å². The van der Waals surface area contributed by atoms with Crippen LogP contribution in [0.4, 0.5) is 0 Å². The van der Waals surface area contributed by atoms with E-state index in [1.54, 1.807) is 7.05 Å². The number of aliphatic imine (C=N–C) groups is 1. The summed E-state index contributed by atoms with van der Waals surface area (Å²) < 4.78 is 7.93. The van der Waals surface area contributed by atoms with E-state index < -0.39 is 0 Å². The number of hydrogen-bond acceptors (Lipinski definition) is 3. The molecule has 1 aromatic heterocycles. The van der Waals surface area contributed by atoms with Gasteiger partial charge in [-0.1, -0.05) is 36.4 Å².